The Hall–Kier alpha value is -1.19. The second-order valence-corrected chi connectivity index (χ2v) is 2.09. The maximum absolute atomic E-state index is 10.4. The molecule has 2 atom stereocenters. The quantitative estimate of drug-likeness (QED) is 0.329. The summed E-state index contributed by atoms with van der Waals surface area (Å²) in [5, 5.41) is 2.71. The van der Waals surface area contributed by atoms with Crippen LogP contribution in [-0.2, 0) is 9.53 Å². The summed E-state index contributed by atoms with van der Waals surface area (Å²) in [6.45, 7) is 3.21. The van der Waals surface area contributed by atoms with Gasteiger partial charge in [-0.2, -0.15) is 4.91 Å². The van der Waals surface area contributed by atoms with Crippen LogP contribution in [0.1, 0.15) is 6.42 Å². The average molecular weight is 141 g/mol. The molecule has 4 nitrogen and oxygen atoms in total. The van der Waals surface area contributed by atoms with Crippen molar-refractivity contribution in [3.63, 3.8) is 0 Å². The highest BCUT2D eigenvalue weighted by atomic mass is 16.6. The van der Waals surface area contributed by atoms with Crippen LogP contribution < -0.4 is 0 Å². The Labute approximate surface area is 57.8 Å². The summed E-state index contributed by atoms with van der Waals surface area (Å²) >= 11 is 0. The van der Waals surface area contributed by atoms with Gasteiger partial charge in [-0.1, -0.05) is 11.8 Å². The molecule has 0 aliphatic heterocycles. The third kappa shape index (κ3) is 1.40. The molecular weight excluding hydrogens is 134 g/mol. The van der Waals surface area contributed by atoms with Gasteiger partial charge in [-0.15, -0.1) is 0 Å². The Morgan fingerprint density at radius 3 is 2.90 bits per heavy atom. The van der Waals surface area contributed by atoms with Crippen molar-refractivity contribution >= 4 is 5.97 Å². The van der Waals surface area contributed by atoms with E-state index in [9.17, 15) is 9.70 Å². The first-order valence-electron chi connectivity index (χ1n) is 2.93. The smallest absolute Gasteiger partial charge is 0.330 e. The fraction of sp³-hybridized carbons (Fsp3) is 0.500. The minimum absolute atomic E-state index is 0.289. The Balaban J connectivity index is 2.23. The number of hydrogen-bond donors (Lipinski definition) is 0. The lowest BCUT2D eigenvalue weighted by Gasteiger charge is -1.94. The normalized spacial score (nSPS) is 28.8. The predicted octanol–water partition coefficient (Wildman–Crippen LogP) is 0.623. The van der Waals surface area contributed by atoms with Crippen molar-refractivity contribution < 1.29 is 9.53 Å². The van der Waals surface area contributed by atoms with Crippen LogP contribution in [-0.4, -0.2) is 18.1 Å². The van der Waals surface area contributed by atoms with Gasteiger partial charge in [0, 0.05) is 12.5 Å². The lowest BCUT2D eigenvalue weighted by Crippen LogP contribution is -2.04. The van der Waals surface area contributed by atoms with Crippen molar-refractivity contribution in [2.24, 2.45) is 5.18 Å². The second-order valence-electron chi connectivity index (χ2n) is 2.09. The maximum atomic E-state index is 10.4. The number of esters is 1. The molecule has 10 heavy (non-hydrogen) atoms. The zero-order chi connectivity index (χ0) is 7.56. The van der Waals surface area contributed by atoms with E-state index in [1.807, 2.05) is 0 Å². The molecule has 0 heterocycles. The molecule has 4 heteroatoms. The Morgan fingerprint density at radius 2 is 2.50 bits per heavy atom. The van der Waals surface area contributed by atoms with Gasteiger partial charge in [-0.3, -0.25) is 0 Å². The molecule has 0 saturated heterocycles. The van der Waals surface area contributed by atoms with Crippen molar-refractivity contribution in [3.05, 3.63) is 17.6 Å². The third-order valence-corrected chi connectivity index (χ3v) is 1.27. The van der Waals surface area contributed by atoms with Crippen LogP contribution in [0.15, 0.2) is 17.8 Å². The van der Waals surface area contributed by atoms with Gasteiger partial charge < -0.3 is 4.74 Å². The molecule has 0 bridgehead atoms. The average Bonchev–Trinajstić information content (AvgIpc) is 2.67. The van der Waals surface area contributed by atoms with E-state index in [0.29, 0.717) is 6.42 Å². The molecule has 0 aromatic carbocycles. The molecule has 0 aromatic heterocycles. The SMILES string of the molecule is C=CC(=O)OC1CC1N=O. The van der Waals surface area contributed by atoms with Gasteiger partial charge in [0.25, 0.3) is 0 Å². The van der Waals surface area contributed by atoms with Gasteiger partial charge >= 0.3 is 5.97 Å². The first kappa shape index (κ1) is 6.92. The first-order chi connectivity index (χ1) is 4.77. The Bertz CT molecular complexity index is 178. The molecule has 0 aromatic rings. The molecule has 1 saturated carbocycles. The Kier molecular flexibility index (Phi) is 1.80. The van der Waals surface area contributed by atoms with Gasteiger partial charge in [0.1, 0.15) is 12.1 Å². The van der Waals surface area contributed by atoms with Crippen LogP contribution in [0.3, 0.4) is 0 Å². The molecule has 0 N–H and O–H groups in total. The molecule has 0 amide bonds. The van der Waals surface area contributed by atoms with Crippen molar-refractivity contribution in [1.82, 2.24) is 0 Å². The number of carbonyl (C=O) groups is 1. The largest absolute Gasteiger partial charge is 0.457 e. The highest BCUT2D eigenvalue weighted by molar-refractivity contribution is 5.81. The number of hydrogen-bond acceptors (Lipinski definition) is 4. The molecule has 0 spiro atoms. The van der Waals surface area contributed by atoms with Gasteiger partial charge in [-0.25, -0.2) is 4.79 Å². The lowest BCUT2D eigenvalue weighted by molar-refractivity contribution is -0.139. The molecule has 1 aliphatic carbocycles. The summed E-state index contributed by atoms with van der Waals surface area (Å²) in [6.07, 6.45) is 1.34. The fourth-order valence-corrected chi connectivity index (χ4v) is 0.594. The van der Waals surface area contributed by atoms with Gasteiger partial charge in [-0.05, 0) is 0 Å². The van der Waals surface area contributed by atoms with Crippen molar-refractivity contribution in [2.45, 2.75) is 18.6 Å². The maximum Gasteiger partial charge on any atom is 0.330 e. The minimum atomic E-state index is -0.490. The zero-order valence-corrected chi connectivity index (χ0v) is 5.32. The summed E-state index contributed by atoms with van der Waals surface area (Å²) in [6, 6.07) is -0.316. The van der Waals surface area contributed by atoms with E-state index >= 15 is 0 Å². The van der Waals surface area contributed by atoms with Gasteiger partial charge in [0.05, 0.1) is 0 Å². The Morgan fingerprint density at radius 1 is 1.80 bits per heavy atom. The molecule has 2 unspecified atom stereocenters. The van der Waals surface area contributed by atoms with Crippen molar-refractivity contribution in [1.29, 1.82) is 0 Å². The second kappa shape index (κ2) is 2.60. The number of nitrogens with zero attached hydrogens (tertiary/aromatic N) is 1. The van der Waals surface area contributed by atoms with E-state index in [1.165, 1.54) is 0 Å². The molecule has 1 rings (SSSR count). The van der Waals surface area contributed by atoms with E-state index in [1.54, 1.807) is 0 Å². The van der Waals surface area contributed by atoms with E-state index in [0.717, 1.165) is 6.08 Å². The van der Waals surface area contributed by atoms with Gasteiger partial charge in [0.2, 0.25) is 0 Å². The standard InChI is InChI=1S/C6H7NO3/c1-2-6(8)10-5-3-4(5)7-9/h2,4-5H,1,3H2. The van der Waals surface area contributed by atoms with Gasteiger partial charge in [0.15, 0.2) is 0 Å². The first-order valence-corrected chi connectivity index (χ1v) is 2.93. The van der Waals surface area contributed by atoms with Crippen molar-refractivity contribution in [2.75, 3.05) is 0 Å². The minimum Gasteiger partial charge on any atom is -0.457 e. The summed E-state index contributed by atoms with van der Waals surface area (Å²) in [4.78, 5) is 20.2. The topological polar surface area (TPSA) is 55.7 Å². The number of carbonyl (C=O) groups excluding carboxylic acids is 1. The lowest BCUT2D eigenvalue weighted by atomic mass is 10.6. The zero-order valence-electron chi connectivity index (χ0n) is 5.32. The van der Waals surface area contributed by atoms with Crippen LogP contribution >= 0.6 is 0 Å². The fourth-order valence-electron chi connectivity index (χ4n) is 0.594. The van der Waals surface area contributed by atoms with Crippen LogP contribution in [0.2, 0.25) is 0 Å². The summed E-state index contributed by atoms with van der Waals surface area (Å²) < 4.78 is 4.66. The van der Waals surface area contributed by atoms with E-state index < -0.39 is 5.97 Å². The molecule has 0 radical (unpaired) electrons. The van der Waals surface area contributed by atoms with Crippen LogP contribution in [0, 0.1) is 4.91 Å². The highest BCUT2D eigenvalue weighted by Gasteiger charge is 2.42. The van der Waals surface area contributed by atoms with E-state index in [4.69, 9.17) is 0 Å². The monoisotopic (exact) mass is 141 g/mol. The number of nitroso groups, excluding NO2 is 1. The van der Waals surface area contributed by atoms with Crippen LogP contribution in [0.25, 0.3) is 0 Å². The summed E-state index contributed by atoms with van der Waals surface area (Å²) in [5.41, 5.74) is 0. The highest BCUT2D eigenvalue weighted by Crippen LogP contribution is 2.28. The third-order valence-electron chi connectivity index (χ3n) is 1.27. The summed E-state index contributed by atoms with van der Waals surface area (Å²) in [7, 11) is 0. The predicted molar refractivity (Wildman–Crippen MR) is 34.3 cm³/mol. The summed E-state index contributed by atoms with van der Waals surface area (Å²) in [5.74, 6) is -0.490. The molecular formula is C6H7NO3. The molecule has 1 fully saturated rings. The van der Waals surface area contributed by atoms with Crippen molar-refractivity contribution in [3.8, 4) is 0 Å². The molecule has 1 aliphatic rings. The number of ether oxygens (including phenoxy) is 1. The molecule has 54 valence electrons. The van der Waals surface area contributed by atoms with E-state index in [-0.39, 0.29) is 12.1 Å². The van der Waals surface area contributed by atoms with Crippen LogP contribution in [0.5, 0.6) is 0 Å². The van der Waals surface area contributed by atoms with E-state index in [2.05, 4.69) is 16.5 Å². The number of rotatable bonds is 3. The van der Waals surface area contributed by atoms with Crippen LogP contribution in [0.4, 0.5) is 0 Å².